The molecule has 0 saturated carbocycles. The molecule has 0 fully saturated rings. The van der Waals surface area contributed by atoms with Crippen LogP contribution in [0.25, 0.3) is 5.57 Å². The van der Waals surface area contributed by atoms with E-state index in [1.165, 1.54) is 18.4 Å². The van der Waals surface area contributed by atoms with Gasteiger partial charge in [0.2, 0.25) is 0 Å². The molecule has 0 aromatic carbocycles. The van der Waals surface area contributed by atoms with E-state index in [0.29, 0.717) is 0 Å². The van der Waals surface area contributed by atoms with E-state index >= 15 is 0 Å². The van der Waals surface area contributed by atoms with Crippen LogP contribution in [0.4, 0.5) is 0 Å². The molecule has 1 atom stereocenters. The Hall–Kier alpha value is -1.09. The lowest BCUT2D eigenvalue weighted by atomic mass is 10.1. The number of rotatable bonds is 1. The van der Waals surface area contributed by atoms with Crippen LogP contribution in [0.5, 0.6) is 0 Å². The summed E-state index contributed by atoms with van der Waals surface area (Å²) in [6, 6.07) is 2.28. The summed E-state index contributed by atoms with van der Waals surface area (Å²) in [5.74, 6) is 0. The predicted molar refractivity (Wildman–Crippen MR) is 57.6 cm³/mol. The lowest BCUT2D eigenvalue weighted by Crippen LogP contribution is -2.15. The Labute approximate surface area is 84.6 Å². The molecule has 0 bridgehead atoms. The molecule has 1 heterocycles. The second-order valence-corrected chi connectivity index (χ2v) is 3.98. The maximum atomic E-state index is 5.96. The van der Waals surface area contributed by atoms with Crippen LogP contribution in [0.3, 0.4) is 0 Å². The topological polar surface area (TPSA) is 43.8 Å². The van der Waals surface area contributed by atoms with E-state index in [1.54, 1.807) is 0 Å². The maximum absolute atomic E-state index is 5.96. The molecule has 0 spiro atoms. The van der Waals surface area contributed by atoms with Crippen LogP contribution in [-0.4, -0.2) is 15.8 Å². The molecule has 1 aromatic rings. The third-order valence-corrected chi connectivity index (χ3v) is 2.69. The SMILES string of the molecule is Cn1ccc(C2=CC(N)CCCC2)n1. The summed E-state index contributed by atoms with van der Waals surface area (Å²) in [7, 11) is 1.95. The van der Waals surface area contributed by atoms with E-state index in [4.69, 9.17) is 5.73 Å². The van der Waals surface area contributed by atoms with Crippen molar-refractivity contribution in [2.24, 2.45) is 12.8 Å². The molecule has 2 N–H and O–H groups in total. The zero-order valence-corrected chi connectivity index (χ0v) is 8.61. The highest BCUT2D eigenvalue weighted by Gasteiger charge is 2.11. The first-order valence-electron chi connectivity index (χ1n) is 5.22. The van der Waals surface area contributed by atoms with Crippen molar-refractivity contribution in [2.75, 3.05) is 0 Å². The Morgan fingerprint density at radius 3 is 3.07 bits per heavy atom. The molecule has 1 aliphatic carbocycles. The first-order chi connectivity index (χ1) is 6.75. The zero-order valence-electron chi connectivity index (χ0n) is 8.61. The van der Waals surface area contributed by atoms with Crippen LogP contribution in [0, 0.1) is 0 Å². The summed E-state index contributed by atoms with van der Waals surface area (Å²) in [5, 5.41) is 4.40. The third-order valence-electron chi connectivity index (χ3n) is 2.69. The number of hydrogen-bond acceptors (Lipinski definition) is 2. The van der Waals surface area contributed by atoms with E-state index in [1.807, 2.05) is 17.9 Å². The summed E-state index contributed by atoms with van der Waals surface area (Å²) in [6.45, 7) is 0. The fraction of sp³-hybridized carbons (Fsp3) is 0.545. The van der Waals surface area contributed by atoms with Crippen molar-refractivity contribution in [1.29, 1.82) is 0 Å². The molecule has 0 aliphatic heterocycles. The molecule has 2 rings (SSSR count). The molecule has 3 nitrogen and oxygen atoms in total. The summed E-state index contributed by atoms with van der Waals surface area (Å²) >= 11 is 0. The maximum Gasteiger partial charge on any atom is 0.0880 e. The summed E-state index contributed by atoms with van der Waals surface area (Å²) in [4.78, 5) is 0. The molecular formula is C11H17N3. The second-order valence-electron chi connectivity index (χ2n) is 3.98. The van der Waals surface area contributed by atoms with Crippen molar-refractivity contribution in [3.8, 4) is 0 Å². The van der Waals surface area contributed by atoms with E-state index < -0.39 is 0 Å². The Morgan fingerprint density at radius 1 is 1.50 bits per heavy atom. The highest BCUT2D eigenvalue weighted by molar-refractivity contribution is 5.63. The van der Waals surface area contributed by atoms with Crippen LogP contribution < -0.4 is 5.73 Å². The minimum Gasteiger partial charge on any atom is -0.324 e. The van der Waals surface area contributed by atoms with E-state index in [9.17, 15) is 0 Å². The van der Waals surface area contributed by atoms with Crippen LogP contribution in [0.2, 0.25) is 0 Å². The van der Waals surface area contributed by atoms with Gasteiger partial charge >= 0.3 is 0 Å². The molecule has 14 heavy (non-hydrogen) atoms. The van der Waals surface area contributed by atoms with Crippen molar-refractivity contribution < 1.29 is 0 Å². The normalized spacial score (nSPS) is 23.0. The number of allylic oxidation sites excluding steroid dienone is 1. The van der Waals surface area contributed by atoms with Crippen LogP contribution in [0.15, 0.2) is 18.3 Å². The Balaban J connectivity index is 2.23. The average Bonchev–Trinajstić information content (AvgIpc) is 2.45. The zero-order chi connectivity index (χ0) is 9.97. The standard InChI is InChI=1S/C11H17N3/c1-14-7-6-11(13-14)9-4-2-3-5-10(12)8-9/h6-8,10H,2-5,12H2,1H3. The highest BCUT2D eigenvalue weighted by atomic mass is 15.2. The van der Waals surface area contributed by atoms with Crippen LogP contribution >= 0.6 is 0 Å². The summed E-state index contributed by atoms with van der Waals surface area (Å²) < 4.78 is 1.84. The smallest absolute Gasteiger partial charge is 0.0880 e. The lowest BCUT2D eigenvalue weighted by molar-refractivity contribution is 0.657. The minimum absolute atomic E-state index is 0.217. The van der Waals surface area contributed by atoms with Gasteiger partial charge in [-0.1, -0.05) is 12.5 Å². The van der Waals surface area contributed by atoms with Gasteiger partial charge in [-0.3, -0.25) is 4.68 Å². The molecule has 1 aromatic heterocycles. The number of nitrogens with zero attached hydrogens (tertiary/aromatic N) is 2. The predicted octanol–water partition coefficient (Wildman–Crippen LogP) is 1.70. The van der Waals surface area contributed by atoms with Crippen molar-refractivity contribution in [1.82, 2.24) is 9.78 Å². The van der Waals surface area contributed by atoms with Gasteiger partial charge in [0, 0.05) is 19.3 Å². The number of aryl methyl sites for hydroxylation is 1. The highest BCUT2D eigenvalue weighted by Crippen LogP contribution is 2.23. The molecular weight excluding hydrogens is 174 g/mol. The lowest BCUT2D eigenvalue weighted by Gasteiger charge is -2.03. The quantitative estimate of drug-likeness (QED) is 0.734. The fourth-order valence-electron chi connectivity index (χ4n) is 1.92. The van der Waals surface area contributed by atoms with Crippen molar-refractivity contribution in [3.63, 3.8) is 0 Å². The average molecular weight is 191 g/mol. The number of hydrogen-bond donors (Lipinski definition) is 1. The van der Waals surface area contributed by atoms with E-state index in [0.717, 1.165) is 18.5 Å². The van der Waals surface area contributed by atoms with Crippen molar-refractivity contribution in [2.45, 2.75) is 31.7 Å². The molecule has 0 saturated heterocycles. The third kappa shape index (κ3) is 2.04. The summed E-state index contributed by atoms with van der Waals surface area (Å²) in [6.07, 6.45) is 8.84. The second kappa shape index (κ2) is 3.96. The number of aromatic nitrogens is 2. The van der Waals surface area contributed by atoms with Crippen LogP contribution in [-0.2, 0) is 7.05 Å². The summed E-state index contributed by atoms with van der Waals surface area (Å²) in [5.41, 5.74) is 8.36. The first kappa shape index (κ1) is 9.46. The van der Waals surface area contributed by atoms with Gasteiger partial charge in [-0.05, 0) is 30.9 Å². The molecule has 1 unspecified atom stereocenters. The van der Waals surface area contributed by atoms with Crippen molar-refractivity contribution >= 4 is 5.57 Å². The first-order valence-corrected chi connectivity index (χ1v) is 5.22. The fourth-order valence-corrected chi connectivity index (χ4v) is 1.92. The Bertz CT molecular complexity index is 338. The Morgan fingerprint density at radius 2 is 2.36 bits per heavy atom. The molecule has 0 amide bonds. The van der Waals surface area contributed by atoms with Gasteiger partial charge in [0.15, 0.2) is 0 Å². The van der Waals surface area contributed by atoms with Gasteiger partial charge in [0.1, 0.15) is 0 Å². The largest absolute Gasteiger partial charge is 0.324 e. The van der Waals surface area contributed by atoms with E-state index in [-0.39, 0.29) is 6.04 Å². The minimum atomic E-state index is 0.217. The molecule has 3 heteroatoms. The van der Waals surface area contributed by atoms with Crippen LogP contribution in [0.1, 0.15) is 31.4 Å². The molecule has 0 radical (unpaired) electrons. The Kier molecular flexibility index (Phi) is 2.68. The van der Waals surface area contributed by atoms with Gasteiger partial charge in [0.25, 0.3) is 0 Å². The number of nitrogens with two attached hydrogens (primary N) is 1. The van der Waals surface area contributed by atoms with Gasteiger partial charge < -0.3 is 5.73 Å². The molecule has 76 valence electrons. The van der Waals surface area contributed by atoms with Gasteiger partial charge in [0.05, 0.1) is 5.69 Å². The van der Waals surface area contributed by atoms with E-state index in [2.05, 4.69) is 17.2 Å². The van der Waals surface area contributed by atoms with Gasteiger partial charge in [-0.2, -0.15) is 5.10 Å². The monoisotopic (exact) mass is 191 g/mol. The van der Waals surface area contributed by atoms with Gasteiger partial charge in [-0.25, -0.2) is 0 Å². The van der Waals surface area contributed by atoms with Crippen molar-refractivity contribution in [3.05, 3.63) is 24.0 Å². The van der Waals surface area contributed by atoms with Gasteiger partial charge in [-0.15, -0.1) is 0 Å². The molecule has 1 aliphatic rings.